The Morgan fingerprint density at radius 1 is 1.14 bits per heavy atom. The molecule has 0 saturated carbocycles. The summed E-state index contributed by atoms with van der Waals surface area (Å²) in [5, 5.41) is 2.95. The van der Waals surface area contributed by atoms with Crippen LogP contribution in [0.4, 0.5) is 4.39 Å². The zero-order valence-corrected chi connectivity index (χ0v) is 13.5. The molecular weight excluding hydrogens is 267 g/mol. The summed E-state index contributed by atoms with van der Waals surface area (Å²) in [4.78, 5) is 14.1. The fourth-order valence-corrected chi connectivity index (χ4v) is 2.43. The first-order chi connectivity index (χ1) is 9.90. The minimum Gasteiger partial charge on any atom is -0.355 e. The van der Waals surface area contributed by atoms with Crippen LogP contribution in [0.3, 0.4) is 0 Å². The van der Waals surface area contributed by atoms with Crippen LogP contribution < -0.4 is 5.32 Å². The van der Waals surface area contributed by atoms with Crippen LogP contribution in [-0.2, 0) is 11.2 Å². The van der Waals surface area contributed by atoms with E-state index in [0.29, 0.717) is 31.5 Å². The molecule has 0 spiro atoms. The van der Waals surface area contributed by atoms with Gasteiger partial charge in [0.25, 0.3) is 0 Å². The van der Waals surface area contributed by atoms with Crippen molar-refractivity contribution in [3.8, 4) is 0 Å². The number of hydrogen-bond acceptors (Lipinski definition) is 2. The van der Waals surface area contributed by atoms with Crippen molar-refractivity contribution in [2.45, 2.75) is 52.6 Å². The van der Waals surface area contributed by atoms with Gasteiger partial charge in [-0.1, -0.05) is 12.1 Å². The van der Waals surface area contributed by atoms with Crippen LogP contribution in [0.25, 0.3) is 0 Å². The van der Waals surface area contributed by atoms with Gasteiger partial charge in [0.15, 0.2) is 0 Å². The molecule has 0 radical (unpaired) electrons. The molecule has 1 N–H and O–H groups in total. The summed E-state index contributed by atoms with van der Waals surface area (Å²) in [5.74, 6) is -0.197. The SMILES string of the molecule is CC(C)N(CCNC(=O)CCc1ccc(F)cc1)C(C)C. The lowest BCUT2D eigenvalue weighted by atomic mass is 10.1. The van der Waals surface area contributed by atoms with E-state index in [-0.39, 0.29) is 11.7 Å². The second kappa shape index (κ2) is 8.78. The Bertz CT molecular complexity index is 421. The van der Waals surface area contributed by atoms with Crippen molar-refractivity contribution in [2.24, 2.45) is 0 Å². The summed E-state index contributed by atoms with van der Waals surface area (Å²) >= 11 is 0. The lowest BCUT2D eigenvalue weighted by Crippen LogP contribution is -2.42. The number of aryl methyl sites for hydroxylation is 1. The monoisotopic (exact) mass is 294 g/mol. The molecule has 0 aliphatic carbocycles. The first-order valence-electron chi connectivity index (χ1n) is 7.67. The van der Waals surface area contributed by atoms with Gasteiger partial charge in [0, 0.05) is 31.6 Å². The van der Waals surface area contributed by atoms with Gasteiger partial charge in [-0.2, -0.15) is 0 Å². The van der Waals surface area contributed by atoms with E-state index in [4.69, 9.17) is 0 Å². The Labute approximate surface area is 127 Å². The van der Waals surface area contributed by atoms with Crippen LogP contribution in [0.15, 0.2) is 24.3 Å². The van der Waals surface area contributed by atoms with E-state index in [1.54, 1.807) is 12.1 Å². The van der Waals surface area contributed by atoms with Crippen LogP contribution >= 0.6 is 0 Å². The summed E-state index contributed by atoms with van der Waals surface area (Å²) in [5.41, 5.74) is 0.984. The molecule has 0 heterocycles. The van der Waals surface area contributed by atoms with Gasteiger partial charge in [-0.3, -0.25) is 9.69 Å². The van der Waals surface area contributed by atoms with Gasteiger partial charge in [-0.15, -0.1) is 0 Å². The maximum Gasteiger partial charge on any atom is 0.220 e. The number of rotatable bonds is 8. The van der Waals surface area contributed by atoms with Crippen LogP contribution in [-0.4, -0.2) is 36.0 Å². The van der Waals surface area contributed by atoms with Crippen LogP contribution in [0.5, 0.6) is 0 Å². The quantitative estimate of drug-likeness (QED) is 0.799. The number of halogens is 1. The highest BCUT2D eigenvalue weighted by atomic mass is 19.1. The van der Waals surface area contributed by atoms with E-state index in [1.165, 1.54) is 12.1 Å². The summed E-state index contributed by atoms with van der Waals surface area (Å²) in [6, 6.07) is 7.25. The van der Waals surface area contributed by atoms with Crippen molar-refractivity contribution in [1.82, 2.24) is 10.2 Å². The number of nitrogens with zero attached hydrogens (tertiary/aromatic N) is 1. The lowest BCUT2D eigenvalue weighted by Gasteiger charge is -2.30. The van der Waals surface area contributed by atoms with Crippen molar-refractivity contribution >= 4 is 5.91 Å². The van der Waals surface area contributed by atoms with Crippen LogP contribution in [0, 0.1) is 5.82 Å². The molecule has 3 nitrogen and oxygen atoms in total. The molecule has 0 aromatic heterocycles. The number of carbonyl (C=O) groups is 1. The van der Waals surface area contributed by atoms with Gasteiger partial charge in [-0.25, -0.2) is 4.39 Å². The number of hydrogen-bond donors (Lipinski definition) is 1. The molecule has 4 heteroatoms. The standard InChI is InChI=1S/C17H27FN2O/c1-13(2)20(14(3)4)12-11-19-17(21)10-7-15-5-8-16(18)9-6-15/h5-6,8-9,13-14H,7,10-12H2,1-4H3,(H,19,21). The molecular formula is C17H27FN2O. The van der Waals surface area contributed by atoms with Gasteiger partial charge in [0.1, 0.15) is 5.82 Å². The van der Waals surface area contributed by atoms with Crippen molar-refractivity contribution < 1.29 is 9.18 Å². The van der Waals surface area contributed by atoms with E-state index in [0.717, 1.165) is 12.1 Å². The summed E-state index contributed by atoms with van der Waals surface area (Å²) in [6.45, 7) is 10.2. The number of amides is 1. The van der Waals surface area contributed by atoms with E-state index in [9.17, 15) is 9.18 Å². The molecule has 118 valence electrons. The fraction of sp³-hybridized carbons (Fsp3) is 0.588. The Balaban J connectivity index is 2.26. The Morgan fingerprint density at radius 2 is 1.71 bits per heavy atom. The largest absolute Gasteiger partial charge is 0.355 e. The normalized spacial score (nSPS) is 11.4. The summed E-state index contributed by atoms with van der Waals surface area (Å²) < 4.78 is 12.8. The second-order valence-electron chi connectivity index (χ2n) is 5.90. The predicted octanol–water partition coefficient (Wildman–Crippen LogP) is 2.99. The van der Waals surface area contributed by atoms with Gasteiger partial charge >= 0.3 is 0 Å². The Morgan fingerprint density at radius 3 is 2.24 bits per heavy atom. The average molecular weight is 294 g/mol. The highest BCUT2D eigenvalue weighted by molar-refractivity contribution is 5.76. The minimum atomic E-state index is -0.245. The molecule has 1 aromatic carbocycles. The second-order valence-corrected chi connectivity index (χ2v) is 5.90. The van der Waals surface area contributed by atoms with Crippen molar-refractivity contribution in [3.05, 3.63) is 35.6 Å². The van der Waals surface area contributed by atoms with E-state index < -0.39 is 0 Å². The minimum absolute atomic E-state index is 0.0480. The lowest BCUT2D eigenvalue weighted by molar-refractivity contribution is -0.121. The fourth-order valence-electron chi connectivity index (χ4n) is 2.43. The molecule has 1 aromatic rings. The van der Waals surface area contributed by atoms with E-state index in [2.05, 4.69) is 37.9 Å². The zero-order valence-electron chi connectivity index (χ0n) is 13.5. The third-order valence-corrected chi connectivity index (χ3v) is 3.57. The third-order valence-electron chi connectivity index (χ3n) is 3.57. The van der Waals surface area contributed by atoms with Crippen molar-refractivity contribution in [2.75, 3.05) is 13.1 Å². The first-order valence-corrected chi connectivity index (χ1v) is 7.67. The maximum absolute atomic E-state index is 12.8. The molecule has 0 fully saturated rings. The van der Waals surface area contributed by atoms with Gasteiger partial charge in [-0.05, 0) is 51.8 Å². The molecule has 0 unspecified atom stereocenters. The van der Waals surface area contributed by atoms with Crippen LogP contribution in [0.1, 0.15) is 39.7 Å². The molecule has 0 saturated heterocycles. The Hall–Kier alpha value is -1.42. The predicted molar refractivity (Wildman–Crippen MR) is 84.7 cm³/mol. The number of nitrogens with one attached hydrogen (secondary N) is 1. The molecule has 1 amide bonds. The van der Waals surface area contributed by atoms with Crippen molar-refractivity contribution in [3.63, 3.8) is 0 Å². The molecule has 0 bridgehead atoms. The smallest absolute Gasteiger partial charge is 0.220 e. The van der Waals surface area contributed by atoms with Gasteiger partial charge < -0.3 is 5.32 Å². The molecule has 0 atom stereocenters. The third kappa shape index (κ3) is 6.71. The average Bonchev–Trinajstić information content (AvgIpc) is 2.42. The van der Waals surface area contributed by atoms with Gasteiger partial charge in [0.05, 0.1) is 0 Å². The van der Waals surface area contributed by atoms with E-state index in [1.807, 2.05) is 0 Å². The van der Waals surface area contributed by atoms with Gasteiger partial charge in [0.2, 0.25) is 5.91 Å². The molecule has 21 heavy (non-hydrogen) atoms. The topological polar surface area (TPSA) is 32.3 Å². The zero-order chi connectivity index (χ0) is 15.8. The molecule has 1 rings (SSSR count). The van der Waals surface area contributed by atoms with Crippen molar-refractivity contribution in [1.29, 1.82) is 0 Å². The first kappa shape index (κ1) is 17.6. The highest BCUT2D eigenvalue weighted by Crippen LogP contribution is 2.06. The highest BCUT2D eigenvalue weighted by Gasteiger charge is 2.12. The maximum atomic E-state index is 12.8. The molecule has 0 aliphatic rings. The molecule has 0 aliphatic heterocycles. The Kier molecular flexibility index (Phi) is 7.37. The summed E-state index contributed by atoms with van der Waals surface area (Å²) in [6.07, 6.45) is 1.08. The van der Waals surface area contributed by atoms with E-state index >= 15 is 0 Å². The number of carbonyl (C=O) groups excluding carboxylic acids is 1. The van der Waals surface area contributed by atoms with Crippen LogP contribution in [0.2, 0.25) is 0 Å². The number of benzene rings is 1. The summed E-state index contributed by atoms with van der Waals surface area (Å²) in [7, 11) is 0.